The second-order valence-corrected chi connectivity index (χ2v) is 6.20. The molecule has 3 atom stereocenters. The summed E-state index contributed by atoms with van der Waals surface area (Å²) >= 11 is 0. The standard InChI is InChI=1S/C14H22O4/c1-12(2)8-9-13(17-12)7-5-11(15)14(18-13)6-3-4-10-16-14/h5,7,11,15H,3-4,6,8-10H2,1-2H3/t11-,13+,14+/m1/s1. The minimum absolute atomic E-state index is 0.178. The molecule has 0 aromatic rings. The van der Waals surface area contributed by atoms with Crippen molar-refractivity contribution < 1.29 is 19.3 Å². The molecule has 4 heteroatoms. The van der Waals surface area contributed by atoms with Gasteiger partial charge in [-0.1, -0.05) is 0 Å². The number of aliphatic hydroxyl groups is 1. The Morgan fingerprint density at radius 1 is 1.11 bits per heavy atom. The van der Waals surface area contributed by atoms with E-state index in [0.29, 0.717) is 6.61 Å². The van der Waals surface area contributed by atoms with Crippen LogP contribution in [0.2, 0.25) is 0 Å². The molecular weight excluding hydrogens is 232 g/mol. The summed E-state index contributed by atoms with van der Waals surface area (Å²) in [7, 11) is 0. The van der Waals surface area contributed by atoms with Crippen LogP contribution in [0.3, 0.4) is 0 Å². The van der Waals surface area contributed by atoms with E-state index in [1.807, 2.05) is 6.08 Å². The van der Waals surface area contributed by atoms with Crippen LogP contribution in [0.25, 0.3) is 0 Å². The molecule has 3 aliphatic heterocycles. The van der Waals surface area contributed by atoms with Crippen LogP contribution in [-0.2, 0) is 14.2 Å². The largest absolute Gasteiger partial charge is 0.383 e. The molecule has 4 nitrogen and oxygen atoms in total. The molecule has 3 heterocycles. The van der Waals surface area contributed by atoms with Crippen LogP contribution >= 0.6 is 0 Å². The van der Waals surface area contributed by atoms with Crippen LogP contribution in [0.5, 0.6) is 0 Å². The highest BCUT2D eigenvalue weighted by Gasteiger charge is 2.54. The molecule has 2 spiro atoms. The molecule has 0 aromatic heterocycles. The molecule has 3 aliphatic rings. The Kier molecular flexibility index (Phi) is 2.83. The lowest BCUT2D eigenvalue weighted by atomic mass is 9.94. The lowest BCUT2D eigenvalue weighted by molar-refractivity contribution is -0.378. The van der Waals surface area contributed by atoms with Crippen molar-refractivity contribution in [2.75, 3.05) is 6.61 Å². The molecule has 0 aliphatic carbocycles. The van der Waals surface area contributed by atoms with Gasteiger partial charge in [-0.05, 0) is 45.3 Å². The highest BCUT2D eigenvalue weighted by atomic mass is 16.8. The third-order valence-corrected chi connectivity index (χ3v) is 4.12. The molecule has 1 N–H and O–H groups in total. The Morgan fingerprint density at radius 2 is 1.94 bits per heavy atom. The van der Waals surface area contributed by atoms with Crippen molar-refractivity contribution in [3.8, 4) is 0 Å². The summed E-state index contributed by atoms with van der Waals surface area (Å²) in [6, 6.07) is 0. The zero-order valence-corrected chi connectivity index (χ0v) is 11.1. The Labute approximate surface area is 108 Å². The zero-order chi connectivity index (χ0) is 12.9. The molecule has 2 saturated heterocycles. The lowest BCUT2D eigenvalue weighted by Crippen LogP contribution is -2.57. The van der Waals surface area contributed by atoms with Crippen molar-refractivity contribution in [3.05, 3.63) is 12.2 Å². The number of aliphatic hydroxyl groups excluding tert-OH is 1. The van der Waals surface area contributed by atoms with Crippen molar-refractivity contribution in [3.63, 3.8) is 0 Å². The molecule has 0 amide bonds. The van der Waals surface area contributed by atoms with Crippen molar-refractivity contribution in [2.24, 2.45) is 0 Å². The third-order valence-electron chi connectivity index (χ3n) is 4.12. The van der Waals surface area contributed by atoms with E-state index >= 15 is 0 Å². The fraction of sp³-hybridized carbons (Fsp3) is 0.857. The van der Waals surface area contributed by atoms with Crippen LogP contribution in [0.1, 0.15) is 46.0 Å². The van der Waals surface area contributed by atoms with E-state index in [1.165, 1.54) is 0 Å². The van der Waals surface area contributed by atoms with Gasteiger partial charge in [-0.15, -0.1) is 0 Å². The molecule has 102 valence electrons. The fourth-order valence-corrected chi connectivity index (χ4v) is 3.11. The van der Waals surface area contributed by atoms with Gasteiger partial charge in [0.1, 0.15) is 6.10 Å². The molecule has 3 rings (SSSR count). The highest BCUT2D eigenvalue weighted by molar-refractivity contribution is 5.12. The van der Waals surface area contributed by atoms with Crippen LogP contribution in [0, 0.1) is 0 Å². The number of hydrogen-bond donors (Lipinski definition) is 1. The molecule has 0 unspecified atom stereocenters. The summed E-state index contributed by atoms with van der Waals surface area (Å²) in [6.45, 7) is 4.78. The van der Waals surface area contributed by atoms with Gasteiger partial charge < -0.3 is 19.3 Å². The van der Waals surface area contributed by atoms with E-state index in [1.54, 1.807) is 6.08 Å². The molecule has 0 saturated carbocycles. The van der Waals surface area contributed by atoms with Gasteiger partial charge in [-0.25, -0.2) is 0 Å². The maximum Gasteiger partial charge on any atom is 0.201 e. The number of ether oxygens (including phenoxy) is 3. The van der Waals surface area contributed by atoms with Gasteiger partial charge >= 0.3 is 0 Å². The molecule has 0 radical (unpaired) electrons. The summed E-state index contributed by atoms with van der Waals surface area (Å²) < 4.78 is 18.0. The Balaban J connectivity index is 1.86. The molecular formula is C14H22O4. The maximum atomic E-state index is 10.2. The summed E-state index contributed by atoms with van der Waals surface area (Å²) in [5.41, 5.74) is -0.178. The van der Waals surface area contributed by atoms with Crippen molar-refractivity contribution in [1.82, 2.24) is 0 Å². The van der Waals surface area contributed by atoms with Crippen molar-refractivity contribution in [2.45, 2.75) is 69.2 Å². The van der Waals surface area contributed by atoms with Gasteiger partial charge in [0, 0.05) is 12.8 Å². The molecule has 0 aromatic carbocycles. The monoisotopic (exact) mass is 254 g/mol. The van der Waals surface area contributed by atoms with E-state index in [-0.39, 0.29) is 5.60 Å². The highest BCUT2D eigenvalue weighted by Crippen LogP contribution is 2.47. The van der Waals surface area contributed by atoms with E-state index in [2.05, 4.69) is 13.8 Å². The fourth-order valence-electron chi connectivity index (χ4n) is 3.11. The number of hydrogen-bond acceptors (Lipinski definition) is 4. The predicted octanol–water partition coefficient (Wildman–Crippen LogP) is 2.12. The predicted molar refractivity (Wildman–Crippen MR) is 65.9 cm³/mol. The van der Waals surface area contributed by atoms with Gasteiger partial charge in [0.25, 0.3) is 0 Å². The van der Waals surface area contributed by atoms with E-state index in [9.17, 15) is 5.11 Å². The quantitative estimate of drug-likeness (QED) is 0.673. The smallest absolute Gasteiger partial charge is 0.201 e. The van der Waals surface area contributed by atoms with E-state index in [4.69, 9.17) is 14.2 Å². The SMILES string of the molecule is CC1(C)CC[C@@]2(C=C[C@@H](O)[C@]3(CCCCO3)O2)O1. The Bertz CT molecular complexity index is 357. The average Bonchev–Trinajstić information content (AvgIpc) is 2.62. The maximum absolute atomic E-state index is 10.2. The minimum Gasteiger partial charge on any atom is -0.383 e. The normalized spacial score (nSPS) is 46.9. The second-order valence-electron chi connectivity index (χ2n) is 6.20. The van der Waals surface area contributed by atoms with Crippen LogP contribution < -0.4 is 0 Å². The Hall–Kier alpha value is -0.420. The summed E-state index contributed by atoms with van der Waals surface area (Å²) in [4.78, 5) is 0. The first-order chi connectivity index (χ1) is 8.46. The van der Waals surface area contributed by atoms with Gasteiger partial charge in [0.15, 0.2) is 5.79 Å². The average molecular weight is 254 g/mol. The number of rotatable bonds is 0. The molecule has 2 fully saturated rings. The molecule has 18 heavy (non-hydrogen) atoms. The first-order valence-electron chi connectivity index (χ1n) is 6.87. The second kappa shape index (κ2) is 4.04. The third kappa shape index (κ3) is 2.01. The van der Waals surface area contributed by atoms with Crippen LogP contribution in [0.15, 0.2) is 12.2 Å². The van der Waals surface area contributed by atoms with Gasteiger partial charge in [0.2, 0.25) is 5.79 Å². The van der Waals surface area contributed by atoms with Crippen molar-refractivity contribution in [1.29, 1.82) is 0 Å². The van der Waals surface area contributed by atoms with E-state index < -0.39 is 17.7 Å². The topological polar surface area (TPSA) is 47.9 Å². The first-order valence-corrected chi connectivity index (χ1v) is 6.87. The first kappa shape index (κ1) is 12.6. The lowest BCUT2D eigenvalue weighted by Gasteiger charge is -2.47. The zero-order valence-electron chi connectivity index (χ0n) is 11.1. The van der Waals surface area contributed by atoms with E-state index in [0.717, 1.165) is 32.1 Å². The van der Waals surface area contributed by atoms with Gasteiger partial charge in [-0.3, -0.25) is 0 Å². The molecule has 0 bridgehead atoms. The van der Waals surface area contributed by atoms with Crippen LogP contribution in [-0.4, -0.2) is 35.0 Å². The summed E-state index contributed by atoms with van der Waals surface area (Å²) in [5, 5.41) is 10.2. The van der Waals surface area contributed by atoms with Crippen LogP contribution in [0.4, 0.5) is 0 Å². The van der Waals surface area contributed by atoms with Crippen molar-refractivity contribution >= 4 is 0 Å². The Morgan fingerprint density at radius 3 is 2.56 bits per heavy atom. The summed E-state index contributed by atoms with van der Waals surface area (Å²) in [5.74, 6) is -1.60. The van der Waals surface area contributed by atoms with Gasteiger partial charge in [0.05, 0.1) is 12.2 Å². The minimum atomic E-state index is -0.895. The summed E-state index contributed by atoms with van der Waals surface area (Å²) in [6.07, 6.45) is 7.47. The van der Waals surface area contributed by atoms with Gasteiger partial charge in [-0.2, -0.15) is 0 Å².